The lowest BCUT2D eigenvalue weighted by Crippen LogP contribution is -2.34. The van der Waals surface area contributed by atoms with Crippen molar-refractivity contribution in [3.05, 3.63) is 70.7 Å². The standard InChI is InChI=1S/C29H34N2O6/c1-6-30(7-2)13-8-14-31-26(21-17-20(35-4)10-12-23(21)36-5)25(28(33)29(31)34)27(32)24-16-19-15-18(3)9-11-22(19)37-24/h9-12,15-17,26,33H,6-8,13-14H2,1-5H3. The van der Waals surface area contributed by atoms with Gasteiger partial charge >= 0.3 is 0 Å². The Labute approximate surface area is 217 Å². The van der Waals surface area contributed by atoms with Crippen molar-refractivity contribution in [2.45, 2.75) is 33.2 Å². The van der Waals surface area contributed by atoms with Crippen LogP contribution in [0, 0.1) is 6.92 Å². The number of aliphatic hydroxyl groups excluding tert-OH is 1. The van der Waals surface area contributed by atoms with Crippen LogP contribution < -0.4 is 9.47 Å². The number of ketones is 1. The van der Waals surface area contributed by atoms with E-state index in [1.165, 1.54) is 12.0 Å². The first kappa shape index (κ1) is 26.3. The van der Waals surface area contributed by atoms with Crippen molar-refractivity contribution in [1.82, 2.24) is 9.80 Å². The number of ether oxygens (including phenoxy) is 2. The van der Waals surface area contributed by atoms with E-state index in [1.807, 2.05) is 19.1 Å². The highest BCUT2D eigenvalue weighted by molar-refractivity contribution is 6.16. The van der Waals surface area contributed by atoms with Crippen LogP contribution in [0.2, 0.25) is 0 Å². The Balaban J connectivity index is 1.78. The summed E-state index contributed by atoms with van der Waals surface area (Å²) in [5, 5.41) is 11.8. The molecule has 1 aromatic heterocycles. The summed E-state index contributed by atoms with van der Waals surface area (Å²) in [5.41, 5.74) is 2.11. The summed E-state index contributed by atoms with van der Waals surface area (Å²) in [4.78, 5) is 31.0. The third-order valence-corrected chi connectivity index (χ3v) is 6.94. The van der Waals surface area contributed by atoms with Gasteiger partial charge in [0.25, 0.3) is 5.91 Å². The zero-order valence-electron chi connectivity index (χ0n) is 22.0. The molecule has 8 nitrogen and oxygen atoms in total. The highest BCUT2D eigenvalue weighted by atomic mass is 16.5. The molecule has 196 valence electrons. The first-order chi connectivity index (χ1) is 17.8. The van der Waals surface area contributed by atoms with Crippen molar-refractivity contribution in [2.24, 2.45) is 0 Å². The maximum atomic E-state index is 13.8. The Bertz CT molecular complexity index is 1340. The minimum absolute atomic E-state index is 0.0322. The van der Waals surface area contributed by atoms with E-state index in [4.69, 9.17) is 13.9 Å². The van der Waals surface area contributed by atoms with Crippen molar-refractivity contribution >= 4 is 22.7 Å². The lowest BCUT2D eigenvalue weighted by atomic mass is 9.94. The van der Waals surface area contributed by atoms with E-state index >= 15 is 0 Å². The van der Waals surface area contributed by atoms with Crippen LogP contribution in [-0.4, -0.2) is 67.0 Å². The molecule has 2 heterocycles. The van der Waals surface area contributed by atoms with Crippen molar-refractivity contribution in [3.8, 4) is 11.5 Å². The summed E-state index contributed by atoms with van der Waals surface area (Å²) >= 11 is 0. The van der Waals surface area contributed by atoms with Gasteiger partial charge in [-0.1, -0.05) is 25.5 Å². The van der Waals surface area contributed by atoms with Gasteiger partial charge in [0.15, 0.2) is 11.5 Å². The quantitative estimate of drug-likeness (QED) is 0.363. The minimum Gasteiger partial charge on any atom is -0.503 e. The van der Waals surface area contributed by atoms with Crippen LogP contribution in [0.1, 0.15) is 48.0 Å². The predicted octanol–water partition coefficient (Wildman–Crippen LogP) is 5.07. The second kappa shape index (κ2) is 11.1. The summed E-state index contributed by atoms with van der Waals surface area (Å²) < 4.78 is 16.9. The fourth-order valence-corrected chi connectivity index (χ4v) is 4.90. The summed E-state index contributed by atoms with van der Waals surface area (Å²) in [7, 11) is 3.07. The molecule has 1 atom stereocenters. The van der Waals surface area contributed by atoms with Crippen LogP contribution in [0.15, 0.2) is 58.2 Å². The molecule has 2 aromatic carbocycles. The number of benzene rings is 2. The van der Waals surface area contributed by atoms with E-state index in [-0.39, 0.29) is 11.3 Å². The molecule has 0 radical (unpaired) electrons. The zero-order valence-corrected chi connectivity index (χ0v) is 22.0. The first-order valence-corrected chi connectivity index (χ1v) is 12.6. The number of furan rings is 1. The fraction of sp³-hybridized carbons (Fsp3) is 0.379. The van der Waals surface area contributed by atoms with Gasteiger partial charge in [0.2, 0.25) is 5.78 Å². The number of fused-ring (bicyclic) bond motifs is 1. The van der Waals surface area contributed by atoms with Gasteiger partial charge in [-0.2, -0.15) is 0 Å². The number of amides is 1. The number of methoxy groups -OCH3 is 2. The Morgan fingerprint density at radius 1 is 1.08 bits per heavy atom. The number of carbonyl (C=O) groups is 2. The summed E-state index contributed by atoms with van der Waals surface area (Å²) in [6.07, 6.45) is 0.675. The zero-order chi connectivity index (χ0) is 26.7. The number of hydrogen-bond donors (Lipinski definition) is 1. The van der Waals surface area contributed by atoms with Gasteiger partial charge < -0.3 is 28.8 Å². The van der Waals surface area contributed by atoms with E-state index in [2.05, 4.69) is 18.7 Å². The molecule has 1 N–H and O–H groups in total. The molecule has 4 rings (SSSR count). The van der Waals surface area contributed by atoms with E-state index in [0.29, 0.717) is 35.6 Å². The maximum Gasteiger partial charge on any atom is 0.290 e. The number of aryl methyl sites for hydroxylation is 1. The van der Waals surface area contributed by atoms with Gasteiger partial charge in [-0.3, -0.25) is 9.59 Å². The van der Waals surface area contributed by atoms with E-state index in [1.54, 1.807) is 37.4 Å². The van der Waals surface area contributed by atoms with E-state index < -0.39 is 23.5 Å². The van der Waals surface area contributed by atoms with Gasteiger partial charge in [-0.25, -0.2) is 0 Å². The van der Waals surface area contributed by atoms with Gasteiger partial charge in [-0.15, -0.1) is 0 Å². The summed E-state index contributed by atoms with van der Waals surface area (Å²) in [6, 6.07) is 11.6. The van der Waals surface area contributed by atoms with Crippen LogP contribution in [0.4, 0.5) is 0 Å². The van der Waals surface area contributed by atoms with Crippen LogP contribution >= 0.6 is 0 Å². The third-order valence-electron chi connectivity index (χ3n) is 6.94. The summed E-state index contributed by atoms with van der Waals surface area (Å²) in [5.74, 6) is -0.618. The van der Waals surface area contributed by atoms with Crippen LogP contribution in [0.25, 0.3) is 11.0 Å². The first-order valence-electron chi connectivity index (χ1n) is 12.6. The number of aliphatic hydroxyl groups is 1. The molecule has 0 aliphatic carbocycles. The Morgan fingerprint density at radius 3 is 2.51 bits per heavy atom. The van der Waals surface area contributed by atoms with E-state index in [9.17, 15) is 14.7 Å². The van der Waals surface area contributed by atoms with Crippen LogP contribution in [0.5, 0.6) is 11.5 Å². The van der Waals surface area contributed by atoms with Crippen LogP contribution in [-0.2, 0) is 4.79 Å². The predicted molar refractivity (Wildman–Crippen MR) is 141 cm³/mol. The van der Waals surface area contributed by atoms with E-state index in [0.717, 1.165) is 30.6 Å². The lowest BCUT2D eigenvalue weighted by Gasteiger charge is -2.29. The van der Waals surface area contributed by atoms with Gasteiger partial charge in [0, 0.05) is 17.5 Å². The highest BCUT2D eigenvalue weighted by Crippen LogP contribution is 2.44. The number of Topliss-reactive ketones (excluding diaryl/α,β-unsaturated/α-hetero) is 1. The smallest absolute Gasteiger partial charge is 0.290 e. The molecule has 1 unspecified atom stereocenters. The van der Waals surface area contributed by atoms with Gasteiger partial charge in [-0.05, 0) is 69.4 Å². The van der Waals surface area contributed by atoms with Gasteiger partial charge in [0.05, 0.1) is 25.8 Å². The second-order valence-corrected chi connectivity index (χ2v) is 9.13. The molecule has 3 aromatic rings. The van der Waals surface area contributed by atoms with Gasteiger partial charge in [0.1, 0.15) is 17.1 Å². The van der Waals surface area contributed by atoms with Crippen molar-refractivity contribution < 1.29 is 28.6 Å². The van der Waals surface area contributed by atoms with Crippen LogP contribution in [0.3, 0.4) is 0 Å². The third kappa shape index (κ3) is 5.06. The Kier molecular flexibility index (Phi) is 7.88. The number of carbonyl (C=O) groups excluding carboxylic acids is 2. The molecular formula is C29H34N2O6. The van der Waals surface area contributed by atoms with Crippen molar-refractivity contribution in [3.63, 3.8) is 0 Å². The van der Waals surface area contributed by atoms with Crippen molar-refractivity contribution in [1.29, 1.82) is 0 Å². The fourth-order valence-electron chi connectivity index (χ4n) is 4.90. The Hall–Kier alpha value is -3.78. The largest absolute Gasteiger partial charge is 0.503 e. The molecule has 37 heavy (non-hydrogen) atoms. The normalized spacial score (nSPS) is 15.8. The maximum absolute atomic E-state index is 13.8. The summed E-state index contributed by atoms with van der Waals surface area (Å²) in [6.45, 7) is 9.07. The molecule has 0 fully saturated rings. The van der Waals surface area contributed by atoms with Crippen molar-refractivity contribution in [2.75, 3.05) is 40.4 Å². The number of rotatable bonds is 11. The molecule has 0 saturated heterocycles. The molecule has 0 bridgehead atoms. The molecule has 1 aliphatic heterocycles. The minimum atomic E-state index is -0.864. The average molecular weight is 507 g/mol. The SMILES string of the molecule is CCN(CC)CCCN1C(=O)C(O)=C(C(=O)c2cc3cc(C)ccc3o2)C1c1cc(OC)ccc1OC. The molecule has 0 saturated carbocycles. The molecule has 1 amide bonds. The molecule has 1 aliphatic rings. The topological polar surface area (TPSA) is 92.5 Å². The molecule has 0 spiro atoms. The molecular weight excluding hydrogens is 472 g/mol. The molecule has 8 heteroatoms. The Morgan fingerprint density at radius 2 is 1.84 bits per heavy atom. The highest BCUT2D eigenvalue weighted by Gasteiger charge is 2.45. The number of hydrogen-bond acceptors (Lipinski definition) is 7. The lowest BCUT2D eigenvalue weighted by molar-refractivity contribution is -0.129. The monoisotopic (exact) mass is 506 g/mol. The number of nitrogens with zero attached hydrogens (tertiary/aromatic N) is 2. The average Bonchev–Trinajstić information content (AvgIpc) is 3.44. The second-order valence-electron chi connectivity index (χ2n) is 9.13.